The summed E-state index contributed by atoms with van der Waals surface area (Å²) in [7, 11) is 0. The van der Waals surface area contributed by atoms with E-state index in [1.54, 1.807) is 4.90 Å². The number of benzene rings is 1. The van der Waals surface area contributed by atoms with Gasteiger partial charge in [-0.15, -0.1) is 12.4 Å². The van der Waals surface area contributed by atoms with Gasteiger partial charge in [0.25, 0.3) is 0 Å². The molecule has 1 heterocycles. The highest BCUT2D eigenvalue weighted by atomic mass is 79.9. The van der Waals surface area contributed by atoms with Crippen LogP contribution in [0.3, 0.4) is 0 Å². The lowest BCUT2D eigenvalue weighted by molar-refractivity contribution is -0.141. The molecule has 0 aliphatic carbocycles. The first kappa shape index (κ1) is 17.0. The summed E-state index contributed by atoms with van der Waals surface area (Å²) in [6.45, 7) is 0.913. The van der Waals surface area contributed by atoms with Gasteiger partial charge in [-0.3, -0.25) is 9.59 Å². The molecule has 1 amide bonds. The van der Waals surface area contributed by atoms with E-state index in [1.807, 2.05) is 24.3 Å². The van der Waals surface area contributed by atoms with Crippen LogP contribution in [0.5, 0.6) is 0 Å². The van der Waals surface area contributed by atoms with Gasteiger partial charge < -0.3 is 10.0 Å². The van der Waals surface area contributed by atoms with E-state index in [0.717, 1.165) is 10.0 Å². The van der Waals surface area contributed by atoms with E-state index >= 15 is 0 Å². The van der Waals surface area contributed by atoms with Crippen molar-refractivity contribution in [3.63, 3.8) is 0 Å². The Balaban J connectivity index is 0.00000200. The van der Waals surface area contributed by atoms with Crippen LogP contribution in [0, 0.1) is 5.92 Å². The van der Waals surface area contributed by atoms with Crippen molar-refractivity contribution in [2.45, 2.75) is 19.3 Å². The van der Waals surface area contributed by atoms with E-state index in [0.29, 0.717) is 32.4 Å². The van der Waals surface area contributed by atoms with Crippen LogP contribution < -0.4 is 0 Å². The SMILES string of the molecule is Cl.O=C(O)C1CCN(C(=O)CCc2ccccc2Br)C1. The molecule has 1 aliphatic rings. The molecular weight excluding hydrogens is 346 g/mol. The molecule has 1 aromatic rings. The standard InChI is InChI=1S/C14H16BrNO3.ClH/c15-12-4-2-1-3-10(12)5-6-13(17)16-8-7-11(9-16)14(18)19;/h1-4,11H,5-9H2,(H,18,19);1H. The maximum Gasteiger partial charge on any atom is 0.308 e. The zero-order chi connectivity index (χ0) is 13.8. The number of hydrogen-bond acceptors (Lipinski definition) is 2. The van der Waals surface area contributed by atoms with Crippen LogP contribution in [0.15, 0.2) is 28.7 Å². The van der Waals surface area contributed by atoms with Crippen molar-refractivity contribution in [1.29, 1.82) is 0 Å². The number of carbonyl (C=O) groups is 2. The lowest BCUT2D eigenvalue weighted by Crippen LogP contribution is -2.30. The summed E-state index contributed by atoms with van der Waals surface area (Å²) >= 11 is 3.46. The number of halogens is 2. The minimum atomic E-state index is -0.805. The third-order valence-corrected chi connectivity index (χ3v) is 4.23. The molecule has 2 rings (SSSR count). The quantitative estimate of drug-likeness (QED) is 0.896. The van der Waals surface area contributed by atoms with Crippen molar-refractivity contribution in [1.82, 2.24) is 4.90 Å². The number of carbonyl (C=O) groups excluding carboxylic acids is 1. The van der Waals surface area contributed by atoms with E-state index in [4.69, 9.17) is 5.11 Å². The van der Waals surface area contributed by atoms with Crippen molar-refractivity contribution in [3.8, 4) is 0 Å². The Morgan fingerprint density at radius 1 is 1.35 bits per heavy atom. The van der Waals surface area contributed by atoms with Crippen molar-refractivity contribution in [2.24, 2.45) is 5.92 Å². The first-order valence-corrected chi connectivity index (χ1v) is 7.11. The Kier molecular flexibility index (Phi) is 6.49. The predicted octanol–water partition coefficient (Wildman–Crippen LogP) is 2.74. The average Bonchev–Trinajstić information content (AvgIpc) is 2.87. The molecule has 6 heteroatoms. The molecule has 4 nitrogen and oxygen atoms in total. The summed E-state index contributed by atoms with van der Waals surface area (Å²) in [5.41, 5.74) is 1.10. The Bertz CT molecular complexity index is 495. The zero-order valence-corrected chi connectivity index (χ0v) is 13.3. The lowest BCUT2D eigenvalue weighted by Gasteiger charge is -2.15. The summed E-state index contributed by atoms with van der Waals surface area (Å²) in [6, 6.07) is 7.83. The second-order valence-electron chi connectivity index (χ2n) is 4.75. The molecule has 0 saturated carbocycles. The summed E-state index contributed by atoms with van der Waals surface area (Å²) in [5, 5.41) is 8.91. The molecule has 110 valence electrons. The number of hydrogen-bond donors (Lipinski definition) is 1. The van der Waals surface area contributed by atoms with Crippen LogP contribution in [0.4, 0.5) is 0 Å². The first-order chi connectivity index (χ1) is 9.08. The monoisotopic (exact) mass is 361 g/mol. The zero-order valence-electron chi connectivity index (χ0n) is 10.9. The molecule has 0 aromatic heterocycles. The van der Waals surface area contributed by atoms with Gasteiger partial charge in [0.1, 0.15) is 0 Å². The van der Waals surface area contributed by atoms with E-state index in [2.05, 4.69) is 15.9 Å². The smallest absolute Gasteiger partial charge is 0.308 e. The second-order valence-corrected chi connectivity index (χ2v) is 5.61. The summed E-state index contributed by atoms with van der Waals surface area (Å²) in [6.07, 6.45) is 1.67. The van der Waals surface area contributed by atoms with Crippen LogP contribution in [0.25, 0.3) is 0 Å². The Morgan fingerprint density at radius 3 is 2.65 bits per heavy atom. The maximum atomic E-state index is 12.0. The normalized spacial score (nSPS) is 17.6. The fourth-order valence-corrected chi connectivity index (χ4v) is 2.77. The number of amides is 1. The number of carboxylic acid groups (broad SMARTS) is 1. The van der Waals surface area contributed by atoms with Gasteiger partial charge in [0, 0.05) is 24.0 Å². The minimum Gasteiger partial charge on any atom is -0.481 e. The molecule has 1 unspecified atom stereocenters. The number of aliphatic carboxylic acids is 1. The third kappa shape index (κ3) is 4.21. The van der Waals surface area contributed by atoms with E-state index < -0.39 is 11.9 Å². The van der Waals surface area contributed by atoms with Crippen molar-refractivity contribution in [3.05, 3.63) is 34.3 Å². The Labute approximate surface area is 132 Å². The number of nitrogens with zero attached hydrogens (tertiary/aromatic N) is 1. The molecule has 1 fully saturated rings. The van der Waals surface area contributed by atoms with E-state index in [9.17, 15) is 9.59 Å². The van der Waals surface area contributed by atoms with Crippen molar-refractivity contribution >= 4 is 40.2 Å². The van der Waals surface area contributed by atoms with Crippen LogP contribution in [-0.4, -0.2) is 35.0 Å². The molecule has 1 aromatic carbocycles. The van der Waals surface area contributed by atoms with Gasteiger partial charge in [-0.1, -0.05) is 34.1 Å². The van der Waals surface area contributed by atoms with Crippen LogP contribution in [-0.2, 0) is 16.0 Å². The van der Waals surface area contributed by atoms with Gasteiger partial charge in [0.05, 0.1) is 5.92 Å². The number of carboxylic acids is 1. The molecule has 1 N–H and O–H groups in total. The number of aryl methyl sites for hydroxylation is 1. The third-order valence-electron chi connectivity index (χ3n) is 3.46. The minimum absolute atomic E-state index is 0. The Morgan fingerprint density at radius 2 is 2.05 bits per heavy atom. The maximum absolute atomic E-state index is 12.0. The van der Waals surface area contributed by atoms with Gasteiger partial charge in [0.2, 0.25) is 5.91 Å². The molecule has 1 atom stereocenters. The second kappa shape index (κ2) is 7.64. The fraction of sp³-hybridized carbons (Fsp3) is 0.429. The van der Waals surface area contributed by atoms with Gasteiger partial charge in [-0.2, -0.15) is 0 Å². The van der Waals surface area contributed by atoms with Gasteiger partial charge in [-0.25, -0.2) is 0 Å². The summed E-state index contributed by atoms with van der Waals surface area (Å²) in [5.74, 6) is -1.16. The highest BCUT2D eigenvalue weighted by molar-refractivity contribution is 9.10. The predicted molar refractivity (Wildman–Crippen MR) is 82.0 cm³/mol. The molecule has 0 radical (unpaired) electrons. The molecule has 0 spiro atoms. The van der Waals surface area contributed by atoms with E-state index in [1.165, 1.54) is 0 Å². The van der Waals surface area contributed by atoms with Gasteiger partial charge in [0.15, 0.2) is 0 Å². The summed E-state index contributed by atoms with van der Waals surface area (Å²) in [4.78, 5) is 24.5. The fourth-order valence-electron chi connectivity index (χ4n) is 2.29. The first-order valence-electron chi connectivity index (χ1n) is 6.32. The highest BCUT2D eigenvalue weighted by Gasteiger charge is 2.30. The number of rotatable bonds is 4. The van der Waals surface area contributed by atoms with Crippen LogP contribution in [0.1, 0.15) is 18.4 Å². The van der Waals surface area contributed by atoms with Crippen molar-refractivity contribution < 1.29 is 14.7 Å². The average molecular weight is 363 g/mol. The number of likely N-dealkylation sites (tertiary alicyclic amines) is 1. The molecule has 20 heavy (non-hydrogen) atoms. The largest absolute Gasteiger partial charge is 0.481 e. The molecular formula is C14H17BrClNO3. The van der Waals surface area contributed by atoms with Crippen LogP contribution in [0.2, 0.25) is 0 Å². The highest BCUT2D eigenvalue weighted by Crippen LogP contribution is 2.20. The van der Waals surface area contributed by atoms with Gasteiger partial charge in [-0.05, 0) is 24.5 Å². The molecule has 1 saturated heterocycles. The molecule has 1 aliphatic heterocycles. The summed E-state index contributed by atoms with van der Waals surface area (Å²) < 4.78 is 1.01. The topological polar surface area (TPSA) is 57.6 Å². The van der Waals surface area contributed by atoms with Crippen LogP contribution >= 0.6 is 28.3 Å². The van der Waals surface area contributed by atoms with E-state index in [-0.39, 0.29) is 18.3 Å². The Hall–Kier alpha value is -1.07. The molecule has 0 bridgehead atoms. The van der Waals surface area contributed by atoms with Gasteiger partial charge >= 0.3 is 5.97 Å². The van der Waals surface area contributed by atoms with Crippen molar-refractivity contribution in [2.75, 3.05) is 13.1 Å². The lowest BCUT2D eigenvalue weighted by atomic mass is 10.1.